The number of oxazole rings is 1. The van der Waals surface area contributed by atoms with E-state index in [2.05, 4.69) is 14.5 Å². The van der Waals surface area contributed by atoms with Crippen molar-refractivity contribution in [2.45, 2.75) is 19.8 Å². The van der Waals surface area contributed by atoms with Crippen molar-refractivity contribution in [3.8, 4) is 17.2 Å². The Bertz CT molecular complexity index is 1020. The molecule has 0 saturated carbocycles. The van der Waals surface area contributed by atoms with Crippen LogP contribution in [-0.4, -0.2) is 35.2 Å². The van der Waals surface area contributed by atoms with E-state index < -0.39 is 5.97 Å². The number of hydrogen-bond acceptors (Lipinski definition) is 5. The molecule has 1 heterocycles. The molecule has 0 spiro atoms. The van der Waals surface area contributed by atoms with Crippen LogP contribution in [0.25, 0.3) is 17.0 Å². The van der Waals surface area contributed by atoms with Crippen LogP contribution in [0, 0.1) is 6.92 Å². The van der Waals surface area contributed by atoms with Gasteiger partial charge in [-0.2, -0.15) is 4.79 Å². The van der Waals surface area contributed by atoms with Crippen molar-refractivity contribution < 1.29 is 23.5 Å². The second-order valence-electron chi connectivity index (χ2n) is 6.35. The zero-order chi connectivity index (χ0) is 20.6. The average Bonchev–Trinajstić information content (AvgIpc) is 3.13. The zero-order valence-corrected chi connectivity index (χ0v) is 16.3. The minimum absolute atomic E-state index is 0.0584. The lowest BCUT2D eigenvalue weighted by atomic mass is 10.1. The number of carbonyl (C=O) groups excluding carboxylic acids is 1. The Labute approximate surface area is 168 Å². The third kappa shape index (κ3) is 5.18. The number of hydrogen-bond donors (Lipinski definition) is 0. The van der Waals surface area contributed by atoms with Crippen LogP contribution >= 0.6 is 0 Å². The number of methoxy groups -OCH3 is 1. The fourth-order valence-corrected chi connectivity index (χ4v) is 2.79. The molecule has 1 aromatic heterocycles. The van der Waals surface area contributed by atoms with Crippen molar-refractivity contribution in [1.82, 2.24) is 4.98 Å². The maximum Gasteiger partial charge on any atom is 0.416 e. The van der Waals surface area contributed by atoms with Gasteiger partial charge in [-0.25, -0.2) is 9.78 Å². The molecule has 3 rings (SSSR count). The molecule has 29 heavy (non-hydrogen) atoms. The summed E-state index contributed by atoms with van der Waals surface area (Å²) in [6.07, 6.45) is 0.789. The van der Waals surface area contributed by atoms with Crippen molar-refractivity contribution >= 4 is 11.7 Å². The second kappa shape index (κ2) is 9.48. The van der Waals surface area contributed by atoms with Gasteiger partial charge in [0.2, 0.25) is 5.89 Å². The Morgan fingerprint density at radius 2 is 1.86 bits per heavy atom. The summed E-state index contributed by atoms with van der Waals surface area (Å²) >= 11 is 0. The SMILES string of the molecule is COC(=O)C(Cc1ccc(OCCc2nc(-c3ccccc3)oc2C)cc1)=[N+]=[N-]. The molecule has 0 amide bonds. The smallest absolute Gasteiger partial charge is 0.416 e. The average molecular weight is 391 g/mol. The Kier molecular flexibility index (Phi) is 6.55. The van der Waals surface area contributed by atoms with Gasteiger partial charge < -0.3 is 19.4 Å². The van der Waals surface area contributed by atoms with Gasteiger partial charge in [0, 0.05) is 12.0 Å². The van der Waals surface area contributed by atoms with E-state index in [0.717, 1.165) is 22.6 Å². The number of benzene rings is 2. The van der Waals surface area contributed by atoms with E-state index in [1.165, 1.54) is 7.11 Å². The first kappa shape index (κ1) is 20.0. The highest BCUT2D eigenvalue weighted by molar-refractivity contribution is 6.34. The van der Waals surface area contributed by atoms with E-state index in [-0.39, 0.29) is 12.1 Å². The first-order valence-electron chi connectivity index (χ1n) is 9.13. The molecular formula is C22H21N3O4. The van der Waals surface area contributed by atoms with Crippen molar-refractivity contribution in [2.75, 3.05) is 13.7 Å². The molecule has 0 aliphatic rings. The van der Waals surface area contributed by atoms with Gasteiger partial charge in [-0.1, -0.05) is 30.3 Å². The summed E-state index contributed by atoms with van der Waals surface area (Å²) in [4.78, 5) is 19.0. The van der Waals surface area contributed by atoms with Crippen LogP contribution in [0.3, 0.4) is 0 Å². The highest BCUT2D eigenvalue weighted by atomic mass is 16.5. The molecule has 0 N–H and O–H groups in total. The highest BCUT2D eigenvalue weighted by Gasteiger charge is 2.21. The van der Waals surface area contributed by atoms with E-state index in [1.54, 1.807) is 24.3 Å². The molecule has 7 heteroatoms. The summed E-state index contributed by atoms with van der Waals surface area (Å²) in [5.74, 6) is 1.42. The maximum absolute atomic E-state index is 11.5. The van der Waals surface area contributed by atoms with Crippen molar-refractivity contribution in [2.24, 2.45) is 0 Å². The molecule has 3 aromatic rings. The van der Waals surface area contributed by atoms with Crippen LogP contribution in [0.2, 0.25) is 0 Å². The molecule has 2 aromatic carbocycles. The highest BCUT2D eigenvalue weighted by Crippen LogP contribution is 2.22. The molecule has 0 bridgehead atoms. The number of ether oxygens (including phenoxy) is 2. The summed E-state index contributed by atoms with van der Waals surface area (Å²) in [5, 5.41) is 0. The van der Waals surface area contributed by atoms with E-state index in [1.807, 2.05) is 37.3 Å². The predicted octanol–water partition coefficient (Wildman–Crippen LogP) is 3.66. The Morgan fingerprint density at radius 1 is 1.14 bits per heavy atom. The van der Waals surface area contributed by atoms with Gasteiger partial charge in [-0.3, -0.25) is 0 Å². The second-order valence-corrected chi connectivity index (χ2v) is 6.35. The minimum atomic E-state index is -0.661. The summed E-state index contributed by atoms with van der Waals surface area (Å²) < 4.78 is 16.1. The summed E-state index contributed by atoms with van der Waals surface area (Å²) in [5.41, 5.74) is 11.5. The van der Waals surface area contributed by atoms with Crippen LogP contribution in [0.1, 0.15) is 17.0 Å². The number of carbonyl (C=O) groups is 1. The first-order valence-corrected chi connectivity index (χ1v) is 9.13. The van der Waals surface area contributed by atoms with Crippen LogP contribution < -0.4 is 4.74 Å². The van der Waals surface area contributed by atoms with Crippen LogP contribution in [-0.2, 0) is 22.4 Å². The molecule has 0 radical (unpaired) electrons. The lowest BCUT2D eigenvalue weighted by Gasteiger charge is -2.06. The zero-order valence-electron chi connectivity index (χ0n) is 16.3. The van der Waals surface area contributed by atoms with Gasteiger partial charge in [-0.15, -0.1) is 0 Å². The summed E-state index contributed by atoms with van der Waals surface area (Å²) in [6, 6.07) is 17.0. The van der Waals surface area contributed by atoms with Gasteiger partial charge >= 0.3 is 11.7 Å². The number of esters is 1. The molecule has 0 aliphatic heterocycles. The number of rotatable bonds is 8. The maximum atomic E-state index is 11.5. The van der Waals surface area contributed by atoms with Crippen molar-refractivity contribution in [1.29, 1.82) is 0 Å². The normalized spacial score (nSPS) is 10.3. The molecule has 7 nitrogen and oxygen atoms in total. The monoisotopic (exact) mass is 391 g/mol. The largest absolute Gasteiger partial charge is 0.493 e. The molecule has 0 saturated heterocycles. The Morgan fingerprint density at radius 3 is 2.52 bits per heavy atom. The van der Waals surface area contributed by atoms with Crippen molar-refractivity contribution in [3.05, 3.63) is 77.1 Å². The molecule has 0 fully saturated rings. The molecule has 0 atom stereocenters. The quantitative estimate of drug-likeness (QED) is 0.253. The number of aromatic nitrogens is 1. The van der Waals surface area contributed by atoms with Gasteiger partial charge in [-0.05, 0) is 36.8 Å². The van der Waals surface area contributed by atoms with Gasteiger partial charge in [0.1, 0.15) is 11.5 Å². The predicted molar refractivity (Wildman–Crippen MR) is 107 cm³/mol. The van der Waals surface area contributed by atoms with Crippen molar-refractivity contribution in [3.63, 3.8) is 0 Å². The summed E-state index contributed by atoms with van der Waals surface area (Å²) in [6.45, 7) is 2.34. The van der Waals surface area contributed by atoms with E-state index in [0.29, 0.717) is 24.7 Å². The topological polar surface area (TPSA) is 98.0 Å². The standard InChI is InChI=1S/C22H21N3O4/c1-15-19(24-21(29-15)17-6-4-3-5-7-17)12-13-28-18-10-8-16(9-11-18)14-20(25-23)22(26)27-2/h3-11H,12-14H2,1-2H3. The fraction of sp³-hybridized carbons (Fsp3) is 0.227. The lowest BCUT2D eigenvalue weighted by molar-refractivity contribution is -0.137. The minimum Gasteiger partial charge on any atom is -0.493 e. The van der Waals surface area contributed by atoms with Crippen LogP contribution in [0.5, 0.6) is 5.75 Å². The molecular weight excluding hydrogens is 370 g/mol. The number of nitrogens with zero attached hydrogens (tertiary/aromatic N) is 3. The van der Waals surface area contributed by atoms with Gasteiger partial charge in [0.25, 0.3) is 0 Å². The molecule has 148 valence electrons. The van der Waals surface area contributed by atoms with E-state index >= 15 is 0 Å². The third-order valence-corrected chi connectivity index (χ3v) is 4.36. The Balaban J connectivity index is 1.55. The van der Waals surface area contributed by atoms with Crippen LogP contribution in [0.15, 0.2) is 59.0 Å². The van der Waals surface area contributed by atoms with E-state index in [4.69, 9.17) is 14.7 Å². The lowest BCUT2D eigenvalue weighted by Crippen LogP contribution is -2.19. The third-order valence-electron chi connectivity index (χ3n) is 4.36. The van der Waals surface area contributed by atoms with Crippen LogP contribution in [0.4, 0.5) is 0 Å². The first-order chi connectivity index (χ1) is 14.1. The number of aryl methyl sites for hydroxylation is 1. The molecule has 0 unspecified atom stereocenters. The van der Waals surface area contributed by atoms with E-state index in [9.17, 15) is 4.79 Å². The van der Waals surface area contributed by atoms with Gasteiger partial charge in [0.15, 0.2) is 0 Å². The Hall–Kier alpha value is -3.70. The summed E-state index contributed by atoms with van der Waals surface area (Å²) in [7, 11) is 1.24. The fourth-order valence-electron chi connectivity index (χ4n) is 2.79. The molecule has 0 aliphatic carbocycles. The van der Waals surface area contributed by atoms with Gasteiger partial charge in [0.05, 0.1) is 25.8 Å².